The molecule has 1 fully saturated rings. The van der Waals surface area contributed by atoms with Crippen molar-refractivity contribution in [2.75, 3.05) is 24.2 Å². The summed E-state index contributed by atoms with van der Waals surface area (Å²) in [6.45, 7) is 1.44. The summed E-state index contributed by atoms with van der Waals surface area (Å²) < 4.78 is 5.58. The number of aromatic carboxylic acids is 1. The van der Waals surface area contributed by atoms with E-state index in [2.05, 4.69) is 10.3 Å². The maximum absolute atomic E-state index is 10.7. The van der Waals surface area contributed by atoms with Crippen molar-refractivity contribution in [2.45, 2.75) is 25.4 Å². The number of rotatable bonds is 4. The highest BCUT2D eigenvalue weighted by atomic mass is 16.5. The molecule has 0 saturated carbocycles. The lowest BCUT2D eigenvalue weighted by atomic mass is 10.1. The van der Waals surface area contributed by atoms with Crippen molar-refractivity contribution in [3.63, 3.8) is 0 Å². The van der Waals surface area contributed by atoms with Crippen molar-refractivity contribution in [2.24, 2.45) is 0 Å². The van der Waals surface area contributed by atoms with E-state index in [1.807, 2.05) is 0 Å². The maximum atomic E-state index is 10.7. The quantitative estimate of drug-likeness (QED) is 0.747. The van der Waals surface area contributed by atoms with Crippen LogP contribution in [-0.2, 0) is 4.74 Å². The SMILES string of the molecule is Nc1cc(C(=O)O)cnc1NCC1CCCCO1. The van der Waals surface area contributed by atoms with E-state index in [0.717, 1.165) is 19.4 Å². The van der Waals surface area contributed by atoms with Crippen LogP contribution in [0.2, 0.25) is 0 Å². The molecule has 1 saturated heterocycles. The van der Waals surface area contributed by atoms with Gasteiger partial charge in [0.1, 0.15) is 5.82 Å². The van der Waals surface area contributed by atoms with Crippen molar-refractivity contribution in [1.29, 1.82) is 0 Å². The third-order valence-electron chi connectivity index (χ3n) is 2.94. The predicted octanol–water partition coefficient (Wildman–Crippen LogP) is 1.34. The molecule has 6 nitrogen and oxygen atoms in total. The average Bonchev–Trinajstić information content (AvgIpc) is 2.38. The van der Waals surface area contributed by atoms with E-state index in [4.69, 9.17) is 15.6 Å². The van der Waals surface area contributed by atoms with Crippen LogP contribution in [0.3, 0.4) is 0 Å². The van der Waals surface area contributed by atoms with Gasteiger partial charge in [0.2, 0.25) is 0 Å². The van der Waals surface area contributed by atoms with Crippen molar-refractivity contribution >= 4 is 17.5 Å². The number of nitrogens with two attached hydrogens (primary N) is 1. The van der Waals surface area contributed by atoms with Gasteiger partial charge in [-0.15, -0.1) is 0 Å². The lowest BCUT2D eigenvalue weighted by molar-refractivity contribution is 0.0247. The Balaban J connectivity index is 1.94. The van der Waals surface area contributed by atoms with Crippen molar-refractivity contribution in [3.8, 4) is 0 Å². The molecule has 0 spiro atoms. The number of aromatic nitrogens is 1. The first kappa shape index (κ1) is 12.6. The van der Waals surface area contributed by atoms with E-state index in [1.54, 1.807) is 0 Å². The molecule has 1 aromatic rings. The van der Waals surface area contributed by atoms with Gasteiger partial charge < -0.3 is 20.9 Å². The van der Waals surface area contributed by atoms with Gasteiger partial charge in [-0.1, -0.05) is 0 Å². The molecule has 98 valence electrons. The number of carbonyl (C=O) groups is 1. The molecule has 6 heteroatoms. The van der Waals surface area contributed by atoms with Crippen LogP contribution >= 0.6 is 0 Å². The fourth-order valence-electron chi connectivity index (χ4n) is 1.93. The van der Waals surface area contributed by atoms with Gasteiger partial charge in [0.25, 0.3) is 0 Å². The largest absolute Gasteiger partial charge is 0.478 e. The third-order valence-corrected chi connectivity index (χ3v) is 2.94. The van der Waals surface area contributed by atoms with E-state index >= 15 is 0 Å². The summed E-state index contributed by atoms with van der Waals surface area (Å²) in [7, 11) is 0. The van der Waals surface area contributed by atoms with Crippen LogP contribution < -0.4 is 11.1 Å². The monoisotopic (exact) mass is 251 g/mol. The molecule has 1 aliphatic heterocycles. The number of nitrogen functional groups attached to an aromatic ring is 1. The lowest BCUT2D eigenvalue weighted by Crippen LogP contribution is -2.27. The molecule has 1 aromatic heterocycles. The van der Waals surface area contributed by atoms with Gasteiger partial charge in [0, 0.05) is 19.3 Å². The Kier molecular flexibility index (Phi) is 3.99. The first-order valence-corrected chi connectivity index (χ1v) is 6.01. The number of hydrogen-bond donors (Lipinski definition) is 3. The molecule has 0 radical (unpaired) electrons. The highest BCUT2D eigenvalue weighted by Crippen LogP contribution is 2.18. The molecule has 1 atom stereocenters. The van der Waals surface area contributed by atoms with Crippen molar-refractivity contribution in [3.05, 3.63) is 17.8 Å². The van der Waals surface area contributed by atoms with Gasteiger partial charge in [0.05, 0.1) is 17.4 Å². The van der Waals surface area contributed by atoms with Crippen LogP contribution in [-0.4, -0.2) is 35.3 Å². The molecule has 1 aliphatic rings. The molecule has 4 N–H and O–H groups in total. The van der Waals surface area contributed by atoms with E-state index < -0.39 is 5.97 Å². The summed E-state index contributed by atoms with van der Waals surface area (Å²) in [5, 5.41) is 11.9. The summed E-state index contributed by atoms with van der Waals surface area (Å²) in [4.78, 5) is 14.7. The van der Waals surface area contributed by atoms with E-state index in [-0.39, 0.29) is 11.7 Å². The summed E-state index contributed by atoms with van der Waals surface area (Å²) in [5.41, 5.74) is 6.17. The highest BCUT2D eigenvalue weighted by molar-refractivity contribution is 5.89. The van der Waals surface area contributed by atoms with E-state index in [0.29, 0.717) is 18.1 Å². The van der Waals surface area contributed by atoms with Gasteiger partial charge in [0.15, 0.2) is 0 Å². The van der Waals surface area contributed by atoms with E-state index in [1.165, 1.54) is 18.7 Å². The second kappa shape index (κ2) is 5.68. The first-order chi connectivity index (χ1) is 8.66. The second-order valence-electron chi connectivity index (χ2n) is 4.34. The molecule has 0 bridgehead atoms. The zero-order valence-corrected chi connectivity index (χ0v) is 10.1. The van der Waals surface area contributed by atoms with Crippen LogP contribution in [0.1, 0.15) is 29.6 Å². The average molecular weight is 251 g/mol. The molecule has 2 heterocycles. The van der Waals surface area contributed by atoms with Crippen LogP contribution in [0.5, 0.6) is 0 Å². The standard InChI is InChI=1S/C12H17N3O3/c13-10-5-8(12(16)17)6-14-11(10)15-7-9-3-1-2-4-18-9/h5-6,9H,1-4,7,13H2,(H,14,15)(H,16,17). The van der Waals surface area contributed by atoms with Crippen LogP contribution in [0.15, 0.2) is 12.3 Å². The summed E-state index contributed by atoms with van der Waals surface area (Å²) >= 11 is 0. The molecule has 18 heavy (non-hydrogen) atoms. The lowest BCUT2D eigenvalue weighted by Gasteiger charge is -2.23. The Morgan fingerprint density at radius 3 is 3.06 bits per heavy atom. The summed E-state index contributed by atoms with van der Waals surface area (Å²) in [6.07, 6.45) is 4.79. The number of ether oxygens (including phenoxy) is 1. The minimum Gasteiger partial charge on any atom is -0.478 e. The maximum Gasteiger partial charge on any atom is 0.337 e. The van der Waals surface area contributed by atoms with Crippen molar-refractivity contribution < 1.29 is 14.6 Å². The summed E-state index contributed by atoms with van der Waals surface area (Å²) in [6, 6.07) is 1.40. The number of anilines is 2. The first-order valence-electron chi connectivity index (χ1n) is 6.01. The Labute approximate surface area is 105 Å². The van der Waals surface area contributed by atoms with Crippen LogP contribution in [0.4, 0.5) is 11.5 Å². The van der Waals surface area contributed by atoms with Gasteiger partial charge in [-0.05, 0) is 25.3 Å². The highest BCUT2D eigenvalue weighted by Gasteiger charge is 2.14. The topological polar surface area (TPSA) is 97.5 Å². The Morgan fingerprint density at radius 2 is 2.44 bits per heavy atom. The molecule has 0 aliphatic carbocycles. The smallest absolute Gasteiger partial charge is 0.337 e. The van der Waals surface area contributed by atoms with E-state index in [9.17, 15) is 4.79 Å². The van der Waals surface area contributed by atoms with Gasteiger partial charge in [-0.25, -0.2) is 9.78 Å². The summed E-state index contributed by atoms with van der Waals surface area (Å²) in [5.74, 6) is -0.523. The zero-order chi connectivity index (χ0) is 13.0. The van der Waals surface area contributed by atoms with Gasteiger partial charge in [-0.3, -0.25) is 0 Å². The number of carboxylic acids is 1. The number of nitrogens with one attached hydrogen (secondary N) is 1. The molecular formula is C12H17N3O3. The Hall–Kier alpha value is -1.82. The van der Waals surface area contributed by atoms with Crippen LogP contribution in [0, 0.1) is 0 Å². The third kappa shape index (κ3) is 3.10. The molecule has 2 rings (SSSR count). The Morgan fingerprint density at radius 1 is 1.61 bits per heavy atom. The molecular weight excluding hydrogens is 234 g/mol. The number of carboxylic acid groups (broad SMARTS) is 1. The normalized spacial score (nSPS) is 19.4. The minimum absolute atomic E-state index is 0.0898. The number of hydrogen-bond acceptors (Lipinski definition) is 5. The minimum atomic E-state index is -1.03. The van der Waals surface area contributed by atoms with Gasteiger partial charge in [-0.2, -0.15) is 0 Å². The molecule has 0 amide bonds. The Bertz CT molecular complexity index is 431. The predicted molar refractivity (Wildman–Crippen MR) is 67.7 cm³/mol. The van der Waals surface area contributed by atoms with Crippen LogP contribution in [0.25, 0.3) is 0 Å². The number of pyridine rings is 1. The zero-order valence-electron chi connectivity index (χ0n) is 10.1. The second-order valence-corrected chi connectivity index (χ2v) is 4.34. The molecule has 0 aromatic carbocycles. The molecule has 1 unspecified atom stereocenters. The van der Waals surface area contributed by atoms with Crippen molar-refractivity contribution in [1.82, 2.24) is 4.98 Å². The fourth-order valence-corrected chi connectivity index (χ4v) is 1.93. The van der Waals surface area contributed by atoms with Gasteiger partial charge >= 0.3 is 5.97 Å². The number of nitrogens with zero attached hydrogens (tertiary/aromatic N) is 1. The fraction of sp³-hybridized carbons (Fsp3) is 0.500.